The van der Waals surface area contributed by atoms with Crippen LogP contribution in [-0.4, -0.2) is 39.1 Å². The number of nitrogens with one attached hydrogen (secondary N) is 1. The lowest BCUT2D eigenvalue weighted by molar-refractivity contribution is 0.102. The molecule has 7 nitrogen and oxygen atoms in total. The van der Waals surface area contributed by atoms with Gasteiger partial charge in [0.1, 0.15) is 0 Å². The minimum Gasteiger partial charge on any atom is -0.379 e. The van der Waals surface area contributed by atoms with Gasteiger partial charge in [-0.3, -0.25) is 4.79 Å². The third-order valence-corrected chi connectivity index (χ3v) is 5.10. The summed E-state index contributed by atoms with van der Waals surface area (Å²) in [4.78, 5) is 17.0. The predicted octanol–water partition coefficient (Wildman–Crippen LogP) is 2.72. The normalized spacial score (nSPS) is 17.5. The van der Waals surface area contributed by atoms with E-state index in [4.69, 9.17) is 4.74 Å². The van der Waals surface area contributed by atoms with Crippen molar-refractivity contribution in [2.75, 3.05) is 18.5 Å². The van der Waals surface area contributed by atoms with E-state index >= 15 is 0 Å². The smallest absolute Gasteiger partial charge is 0.278 e. The average Bonchev–Trinajstić information content (AvgIpc) is 3.25. The molecule has 3 heterocycles. The Morgan fingerprint density at radius 2 is 2.29 bits per heavy atom. The van der Waals surface area contributed by atoms with Gasteiger partial charge in [0.05, 0.1) is 33.6 Å². The van der Waals surface area contributed by atoms with Crippen molar-refractivity contribution in [3.05, 3.63) is 34.6 Å². The summed E-state index contributed by atoms with van der Waals surface area (Å²) < 4.78 is 8.27. The third-order valence-electron chi connectivity index (χ3n) is 4.15. The van der Waals surface area contributed by atoms with Crippen LogP contribution in [0.5, 0.6) is 0 Å². The Morgan fingerprint density at radius 1 is 1.42 bits per heavy atom. The fourth-order valence-electron chi connectivity index (χ4n) is 2.92. The molecule has 1 fully saturated rings. The Bertz CT molecular complexity index is 910. The summed E-state index contributed by atoms with van der Waals surface area (Å²) in [5, 5.41) is 12.1. The minimum absolute atomic E-state index is 0.161. The number of hydrogen-bond acceptors (Lipinski definition) is 6. The molecule has 0 radical (unpaired) electrons. The van der Waals surface area contributed by atoms with Gasteiger partial charge >= 0.3 is 0 Å². The van der Waals surface area contributed by atoms with E-state index in [1.807, 2.05) is 32.0 Å². The third kappa shape index (κ3) is 2.67. The van der Waals surface area contributed by atoms with Gasteiger partial charge in [-0.25, -0.2) is 9.67 Å². The maximum atomic E-state index is 12.5. The van der Waals surface area contributed by atoms with E-state index in [0.29, 0.717) is 18.0 Å². The van der Waals surface area contributed by atoms with Gasteiger partial charge < -0.3 is 10.1 Å². The molecule has 3 aromatic rings. The van der Waals surface area contributed by atoms with Crippen molar-refractivity contribution in [2.45, 2.75) is 26.3 Å². The number of nitrogens with zero attached hydrogens (tertiary/aromatic N) is 4. The highest BCUT2D eigenvalue weighted by atomic mass is 32.1. The number of ether oxygens (including phenoxy) is 1. The monoisotopic (exact) mass is 343 g/mol. The molecule has 0 bridgehead atoms. The van der Waals surface area contributed by atoms with Gasteiger partial charge in [0.15, 0.2) is 5.69 Å². The van der Waals surface area contributed by atoms with Crippen LogP contribution in [0.25, 0.3) is 10.2 Å². The lowest BCUT2D eigenvalue weighted by atomic mass is 10.2. The molecule has 0 saturated carbocycles. The van der Waals surface area contributed by atoms with Crippen LogP contribution in [0.1, 0.15) is 33.7 Å². The molecule has 4 rings (SSSR count). The van der Waals surface area contributed by atoms with Crippen LogP contribution >= 0.6 is 11.3 Å². The first-order chi connectivity index (χ1) is 11.6. The molecule has 24 heavy (non-hydrogen) atoms. The van der Waals surface area contributed by atoms with Crippen LogP contribution < -0.4 is 5.32 Å². The first kappa shape index (κ1) is 15.2. The van der Waals surface area contributed by atoms with Gasteiger partial charge in [0.25, 0.3) is 5.91 Å². The molecule has 1 N–H and O–H groups in total. The molecule has 1 aromatic carbocycles. The number of fused-ring (bicyclic) bond motifs is 1. The fourth-order valence-corrected chi connectivity index (χ4v) is 3.73. The maximum Gasteiger partial charge on any atom is 0.278 e. The number of hydrogen-bond donors (Lipinski definition) is 1. The molecule has 124 valence electrons. The van der Waals surface area contributed by atoms with Gasteiger partial charge in [0.2, 0.25) is 0 Å². The van der Waals surface area contributed by atoms with Gasteiger partial charge in [-0.15, -0.1) is 16.4 Å². The zero-order valence-electron chi connectivity index (χ0n) is 13.4. The quantitative estimate of drug-likeness (QED) is 0.791. The average molecular weight is 343 g/mol. The SMILES string of the molecule is Cc1nc2cc(NC(=O)c3nnn(C4CCOC4)c3C)ccc2s1. The summed E-state index contributed by atoms with van der Waals surface area (Å²) in [6.07, 6.45) is 0.894. The second-order valence-corrected chi connectivity index (χ2v) is 7.09. The van der Waals surface area contributed by atoms with Gasteiger partial charge in [-0.1, -0.05) is 5.21 Å². The van der Waals surface area contributed by atoms with Crippen LogP contribution in [0.2, 0.25) is 0 Å². The molecule has 0 aliphatic carbocycles. The first-order valence-corrected chi connectivity index (χ1v) is 8.61. The number of anilines is 1. The van der Waals surface area contributed by atoms with Gasteiger partial charge in [-0.05, 0) is 38.5 Å². The second kappa shape index (κ2) is 5.95. The highest BCUT2D eigenvalue weighted by Gasteiger charge is 2.24. The summed E-state index contributed by atoms with van der Waals surface area (Å²) in [7, 11) is 0. The molecule has 8 heteroatoms. The molecule has 1 unspecified atom stereocenters. The molecule has 1 amide bonds. The van der Waals surface area contributed by atoms with Crippen molar-refractivity contribution >= 4 is 33.1 Å². The predicted molar refractivity (Wildman–Crippen MR) is 91.5 cm³/mol. The molecular formula is C16H17N5O2S. The molecule has 1 aliphatic rings. The van der Waals surface area contributed by atoms with Gasteiger partial charge in [0, 0.05) is 12.3 Å². The largest absolute Gasteiger partial charge is 0.379 e. The number of rotatable bonds is 3. The minimum atomic E-state index is -0.260. The van der Waals surface area contributed by atoms with E-state index in [-0.39, 0.29) is 11.9 Å². The van der Waals surface area contributed by atoms with Crippen LogP contribution in [-0.2, 0) is 4.74 Å². The highest BCUT2D eigenvalue weighted by molar-refractivity contribution is 7.18. The van der Waals surface area contributed by atoms with E-state index in [1.54, 1.807) is 16.0 Å². The number of carbonyl (C=O) groups excluding carboxylic acids is 1. The fraction of sp³-hybridized carbons (Fsp3) is 0.375. The highest BCUT2D eigenvalue weighted by Crippen LogP contribution is 2.25. The second-order valence-electron chi connectivity index (χ2n) is 5.85. The van der Waals surface area contributed by atoms with Crippen molar-refractivity contribution in [1.82, 2.24) is 20.0 Å². The zero-order chi connectivity index (χ0) is 16.7. The summed E-state index contributed by atoms with van der Waals surface area (Å²) >= 11 is 1.63. The number of thiazole rings is 1. The van der Waals surface area contributed by atoms with Crippen molar-refractivity contribution in [2.24, 2.45) is 0 Å². The number of amides is 1. The first-order valence-electron chi connectivity index (χ1n) is 7.80. The van der Waals surface area contributed by atoms with Crippen molar-refractivity contribution in [3.63, 3.8) is 0 Å². The van der Waals surface area contributed by atoms with E-state index < -0.39 is 0 Å². The van der Waals surface area contributed by atoms with Gasteiger partial charge in [-0.2, -0.15) is 0 Å². The molecule has 0 spiro atoms. The van der Waals surface area contributed by atoms with Crippen LogP contribution in [0.4, 0.5) is 5.69 Å². The Labute approximate surface area is 142 Å². The lowest BCUT2D eigenvalue weighted by Crippen LogP contribution is -2.16. The van der Waals surface area contributed by atoms with E-state index in [9.17, 15) is 4.79 Å². The Kier molecular flexibility index (Phi) is 3.78. The molecule has 1 aliphatic heterocycles. The van der Waals surface area contributed by atoms with Crippen LogP contribution in [0.3, 0.4) is 0 Å². The van der Waals surface area contributed by atoms with Crippen molar-refractivity contribution < 1.29 is 9.53 Å². The molecule has 1 saturated heterocycles. The number of carbonyl (C=O) groups is 1. The summed E-state index contributed by atoms with van der Waals surface area (Å²) in [6, 6.07) is 5.88. The van der Waals surface area contributed by atoms with Crippen molar-refractivity contribution in [1.29, 1.82) is 0 Å². The van der Waals surface area contributed by atoms with Crippen LogP contribution in [0.15, 0.2) is 18.2 Å². The molecule has 1 atom stereocenters. The Morgan fingerprint density at radius 3 is 3.08 bits per heavy atom. The number of benzene rings is 1. The molecule has 2 aromatic heterocycles. The summed E-state index contributed by atoms with van der Waals surface area (Å²) in [6.45, 7) is 5.17. The Hall–Kier alpha value is -2.32. The van der Waals surface area contributed by atoms with E-state index in [1.165, 1.54) is 0 Å². The standard InChI is InChI=1S/C16H17N5O2S/c1-9-15(19-20-21(9)12-5-6-23-8-12)16(22)18-11-3-4-14-13(7-11)17-10(2)24-14/h3-4,7,12H,5-6,8H2,1-2H3,(H,18,22). The summed E-state index contributed by atoms with van der Waals surface area (Å²) in [5.74, 6) is -0.260. The maximum absolute atomic E-state index is 12.5. The lowest BCUT2D eigenvalue weighted by Gasteiger charge is -2.09. The van der Waals surface area contributed by atoms with Crippen LogP contribution in [0, 0.1) is 13.8 Å². The Balaban J connectivity index is 1.56. The molecular weight excluding hydrogens is 326 g/mol. The topological polar surface area (TPSA) is 81.9 Å². The van der Waals surface area contributed by atoms with E-state index in [0.717, 1.165) is 33.9 Å². The number of aryl methyl sites for hydroxylation is 1. The zero-order valence-corrected chi connectivity index (χ0v) is 14.3. The number of aromatic nitrogens is 4. The van der Waals surface area contributed by atoms with Crippen molar-refractivity contribution in [3.8, 4) is 0 Å². The summed E-state index contributed by atoms with van der Waals surface area (Å²) in [5.41, 5.74) is 2.69. The van der Waals surface area contributed by atoms with E-state index in [2.05, 4.69) is 20.6 Å².